The van der Waals surface area contributed by atoms with Gasteiger partial charge < -0.3 is 10.1 Å². The molecule has 2 aromatic carbocycles. The van der Waals surface area contributed by atoms with Crippen LogP contribution in [0.1, 0.15) is 48.3 Å². The molecule has 0 radical (unpaired) electrons. The summed E-state index contributed by atoms with van der Waals surface area (Å²) in [6, 6.07) is 16.4. The van der Waals surface area contributed by atoms with Gasteiger partial charge in [0.15, 0.2) is 5.78 Å². The van der Waals surface area contributed by atoms with Crippen molar-refractivity contribution in [1.29, 1.82) is 5.26 Å². The Bertz CT molecular complexity index is 784. The number of hydrogen-bond donors (Lipinski definition) is 1. The second-order valence-electron chi connectivity index (χ2n) is 6.54. The van der Waals surface area contributed by atoms with E-state index in [1.807, 2.05) is 12.1 Å². The van der Waals surface area contributed by atoms with E-state index in [4.69, 9.17) is 10.00 Å². The molecule has 1 N–H and O–H groups in total. The molecular weight excluding hydrogens is 316 g/mol. The van der Waals surface area contributed by atoms with Gasteiger partial charge in [-0.25, -0.2) is 4.79 Å². The van der Waals surface area contributed by atoms with Gasteiger partial charge in [0.1, 0.15) is 11.6 Å². The Kier molecular flexibility index (Phi) is 5.56. The van der Waals surface area contributed by atoms with Crippen LogP contribution in [0, 0.1) is 11.3 Å². The van der Waals surface area contributed by atoms with Crippen LogP contribution in [0.25, 0.3) is 0 Å². The van der Waals surface area contributed by atoms with Crippen molar-refractivity contribution in [2.24, 2.45) is 0 Å². The Morgan fingerprint density at radius 3 is 2.16 bits per heavy atom. The molecular formula is C20H20N2O3. The average molecular weight is 336 g/mol. The van der Waals surface area contributed by atoms with E-state index in [-0.39, 0.29) is 5.78 Å². The average Bonchev–Trinajstić information content (AvgIpc) is 2.58. The Labute approximate surface area is 147 Å². The molecule has 0 bridgehead atoms. The van der Waals surface area contributed by atoms with Gasteiger partial charge in [-0.2, -0.15) is 5.26 Å². The van der Waals surface area contributed by atoms with Crippen molar-refractivity contribution in [3.8, 4) is 6.07 Å². The number of Topliss-reactive ketones (excluding diaryl/α,β-unsaturated/α-hetero) is 1. The first kappa shape index (κ1) is 18.2. The van der Waals surface area contributed by atoms with Crippen molar-refractivity contribution in [1.82, 2.24) is 5.32 Å². The number of ketones is 1. The van der Waals surface area contributed by atoms with Gasteiger partial charge in [-0.1, -0.05) is 42.5 Å². The number of nitrogens with one attached hydrogen (secondary N) is 1. The smallest absolute Gasteiger partial charge is 0.408 e. The molecule has 0 spiro atoms. The predicted molar refractivity (Wildman–Crippen MR) is 94.0 cm³/mol. The molecule has 5 heteroatoms. The highest BCUT2D eigenvalue weighted by Crippen LogP contribution is 2.20. The van der Waals surface area contributed by atoms with Gasteiger partial charge in [-0.15, -0.1) is 0 Å². The first-order valence-corrected chi connectivity index (χ1v) is 7.89. The number of carbonyl (C=O) groups excluding carboxylic acids is 2. The van der Waals surface area contributed by atoms with Crippen molar-refractivity contribution in [2.75, 3.05) is 0 Å². The normalized spacial score (nSPS) is 11.9. The molecule has 2 rings (SSSR count). The fourth-order valence-corrected chi connectivity index (χ4v) is 2.25. The van der Waals surface area contributed by atoms with Crippen molar-refractivity contribution < 1.29 is 14.3 Å². The third-order valence-corrected chi connectivity index (χ3v) is 3.35. The van der Waals surface area contributed by atoms with Crippen LogP contribution in [0.3, 0.4) is 0 Å². The summed E-state index contributed by atoms with van der Waals surface area (Å²) in [5.74, 6) is -0.276. The summed E-state index contributed by atoms with van der Waals surface area (Å²) in [4.78, 5) is 25.0. The molecule has 0 aromatic heterocycles. The molecule has 128 valence electrons. The van der Waals surface area contributed by atoms with Crippen LogP contribution in [0.4, 0.5) is 4.79 Å². The van der Waals surface area contributed by atoms with Crippen molar-refractivity contribution in [3.63, 3.8) is 0 Å². The van der Waals surface area contributed by atoms with Crippen molar-refractivity contribution in [3.05, 3.63) is 71.3 Å². The first-order chi connectivity index (χ1) is 11.8. The van der Waals surface area contributed by atoms with Crippen LogP contribution in [0.2, 0.25) is 0 Å². The van der Waals surface area contributed by atoms with E-state index in [0.29, 0.717) is 16.7 Å². The Morgan fingerprint density at radius 2 is 1.64 bits per heavy atom. The maximum absolute atomic E-state index is 12.9. The quantitative estimate of drug-likeness (QED) is 0.856. The minimum absolute atomic E-state index is 0.276. The summed E-state index contributed by atoms with van der Waals surface area (Å²) < 4.78 is 5.27. The number of amides is 1. The highest BCUT2D eigenvalue weighted by Gasteiger charge is 2.26. The minimum Gasteiger partial charge on any atom is -0.444 e. The second kappa shape index (κ2) is 7.63. The molecule has 0 aliphatic rings. The van der Waals surface area contributed by atoms with Crippen LogP contribution >= 0.6 is 0 Å². The molecule has 0 saturated heterocycles. The van der Waals surface area contributed by atoms with Gasteiger partial charge in [0, 0.05) is 5.56 Å². The number of carbonyl (C=O) groups is 2. The Morgan fingerprint density at radius 1 is 1.04 bits per heavy atom. The van der Waals surface area contributed by atoms with Gasteiger partial charge >= 0.3 is 6.09 Å². The number of benzene rings is 2. The van der Waals surface area contributed by atoms with E-state index >= 15 is 0 Å². The summed E-state index contributed by atoms with van der Waals surface area (Å²) in [5.41, 5.74) is 0.863. The highest BCUT2D eigenvalue weighted by atomic mass is 16.6. The van der Waals surface area contributed by atoms with Crippen LogP contribution in [-0.4, -0.2) is 17.5 Å². The van der Waals surface area contributed by atoms with Crippen molar-refractivity contribution in [2.45, 2.75) is 32.4 Å². The lowest BCUT2D eigenvalue weighted by atomic mass is 9.97. The minimum atomic E-state index is -0.871. The molecule has 0 heterocycles. The standard InChI is InChI=1S/C20H20N2O3/c1-20(2,3)25-19(24)22-17(15-7-5-4-6-8-15)18(23)16-11-9-14(13-21)10-12-16/h4-12,17H,1-3H3,(H,22,24). The SMILES string of the molecule is CC(C)(C)OC(=O)NC(C(=O)c1ccc(C#N)cc1)c1ccccc1. The van der Waals surface area contributed by atoms with Gasteiger partial charge in [0.05, 0.1) is 11.6 Å². The zero-order chi connectivity index (χ0) is 18.4. The van der Waals surface area contributed by atoms with E-state index in [1.54, 1.807) is 69.3 Å². The predicted octanol–water partition coefficient (Wildman–Crippen LogP) is 4.01. The van der Waals surface area contributed by atoms with Crippen LogP contribution in [0.15, 0.2) is 54.6 Å². The number of ether oxygens (including phenoxy) is 1. The van der Waals surface area contributed by atoms with E-state index in [1.165, 1.54) is 0 Å². The maximum atomic E-state index is 12.9. The van der Waals surface area contributed by atoms with Crippen LogP contribution in [0.5, 0.6) is 0 Å². The lowest BCUT2D eigenvalue weighted by molar-refractivity contribution is 0.0491. The molecule has 1 unspecified atom stereocenters. The molecule has 1 atom stereocenters. The van der Waals surface area contributed by atoms with E-state index in [0.717, 1.165) is 0 Å². The van der Waals surface area contributed by atoms with E-state index in [9.17, 15) is 9.59 Å². The fourth-order valence-electron chi connectivity index (χ4n) is 2.25. The molecule has 25 heavy (non-hydrogen) atoms. The largest absolute Gasteiger partial charge is 0.444 e. The number of alkyl carbamates (subject to hydrolysis) is 1. The number of nitrogens with zero attached hydrogens (tertiary/aromatic N) is 1. The van der Waals surface area contributed by atoms with Gasteiger partial charge in [-0.05, 0) is 38.5 Å². The third-order valence-electron chi connectivity index (χ3n) is 3.35. The van der Waals surface area contributed by atoms with Gasteiger partial charge in [0.25, 0.3) is 0 Å². The van der Waals surface area contributed by atoms with E-state index in [2.05, 4.69) is 5.32 Å². The third kappa shape index (κ3) is 5.18. The molecule has 0 fully saturated rings. The Balaban J connectivity index is 2.29. The zero-order valence-electron chi connectivity index (χ0n) is 14.4. The van der Waals surface area contributed by atoms with Crippen LogP contribution in [-0.2, 0) is 4.74 Å². The summed E-state index contributed by atoms with van der Waals surface area (Å²) >= 11 is 0. The lowest BCUT2D eigenvalue weighted by Gasteiger charge is -2.23. The number of nitriles is 1. The molecule has 2 aromatic rings. The van der Waals surface area contributed by atoms with Gasteiger partial charge in [-0.3, -0.25) is 4.79 Å². The van der Waals surface area contributed by atoms with Crippen molar-refractivity contribution >= 4 is 11.9 Å². The summed E-state index contributed by atoms with van der Waals surface area (Å²) in [5, 5.41) is 11.5. The molecule has 0 saturated carbocycles. The molecule has 0 aliphatic heterocycles. The molecule has 1 amide bonds. The number of rotatable bonds is 4. The maximum Gasteiger partial charge on any atom is 0.408 e. The monoisotopic (exact) mass is 336 g/mol. The fraction of sp³-hybridized carbons (Fsp3) is 0.250. The highest BCUT2D eigenvalue weighted by molar-refractivity contribution is 6.02. The zero-order valence-corrected chi connectivity index (χ0v) is 14.4. The van der Waals surface area contributed by atoms with Crippen LogP contribution < -0.4 is 5.32 Å². The molecule has 0 aliphatic carbocycles. The first-order valence-electron chi connectivity index (χ1n) is 7.89. The summed E-state index contributed by atoms with van der Waals surface area (Å²) in [7, 11) is 0. The Hall–Kier alpha value is -3.13. The van der Waals surface area contributed by atoms with E-state index < -0.39 is 17.7 Å². The molecule has 5 nitrogen and oxygen atoms in total. The number of hydrogen-bond acceptors (Lipinski definition) is 4. The topological polar surface area (TPSA) is 79.2 Å². The second-order valence-corrected chi connectivity index (χ2v) is 6.54. The summed E-state index contributed by atoms with van der Waals surface area (Å²) in [6.07, 6.45) is -0.664. The lowest BCUT2D eigenvalue weighted by Crippen LogP contribution is -2.38. The summed E-state index contributed by atoms with van der Waals surface area (Å²) in [6.45, 7) is 5.27. The van der Waals surface area contributed by atoms with Gasteiger partial charge in [0.2, 0.25) is 0 Å².